The maximum absolute atomic E-state index is 11.2. The third-order valence-electron chi connectivity index (χ3n) is 2.12. The number of nitrogens with two attached hydrogens (primary N) is 1. The second-order valence-electron chi connectivity index (χ2n) is 3.18. The fraction of sp³-hybridized carbons (Fsp3) is 0.875. The van der Waals surface area contributed by atoms with Crippen LogP contribution in [0.3, 0.4) is 0 Å². The molecule has 15 heavy (non-hydrogen) atoms. The average molecular weight is 237 g/mol. The number of oxime groups is 1. The molecule has 0 heterocycles. The maximum Gasteiger partial charge on any atom is 0.156 e. The Bertz CT molecular complexity index is 300. The van der Waals surface area contributed by atoms with Gasteiger partial charge in [0.05, 0.1) is 11.8 Å². The van der Waals surface area contributed by atoms with Crippen LogP contribution in [0.15, 0.2) is 5.16 Å². The number of nitrogens with zero attached hydrogens (tertiary/aromatic N) is 1. The van der Waals surface area contributed by atoms with Crippen molar-refractivity contribution in [3.8, 4) is 0 Å². The van der Waals surface area contributed by atoms with Gasteiger partial charge >= 0.3 is 0 Å². The first-order chi connectivity index (χ1) is 6.96. The molecular formula is C8H19N3O3S. The minimum atomic E-state index is -2.96. The van der Waals surface area contributed by atoms with E-state index in [1.807, 2.05) is 6.92 Å². The molecule has 0 aliphatic heterocycles. The molecule has 0 aromatic carbocycles. The second kappa shape index (κ2) is 6.62. The Labute approximate surface area is 90.5 Å². The Kier molecular flexibility index (Phi) is 6.26. The topological polar surface area (TPSA) is 105 Å². The molecule has 0 amide bonds. The molecule has 0 radical (unpaired) electrons. The number of nitrogens with one attached hydrogen (secondary N) is 1. The average Bonchev–Trinajstić information content (AvgIpc) is 2.23. The van der Waals surface area contributed by atoms with E-state index in [1.54, 1.807) is 6.92 Å². The van der Waals surface area contributed by atoms with Crippen LogP contribution >= 0.6 is 0 Å². The smallest absolute Gasteiger partial charge is 0.156 e. The number of amidine groups is 1. The van der Waals surface area contributed by atoms with Crippen molar-refractivity contribution < 1.29 is 13.6 Å². The molecule has 0 aliphatic carbocycles. The Morgan fingerprint density at radius 1 is 1.53 bits per heavy atom. The Morgan fingerprint density at radius 3 is 2.53 bits per heavy atom. The molecule has 0 bridgehead atoms. The molecule has 0 aliphatic rings. The summed E-state index contributed by atoms with van der Waals surface area (Å²) < 4.78 is 22.3. The quantitative estimate of drug-likeness (QED) is 0.240. The van der Waals surface area contributed by atoms with Gasteiger partial charge in [-0.2, -0.15) is 0 Å². The highest BCUT2D eigenvalue weighted by Gasteiger charge is 2.12. The lowest BCUT2D eigenvalue weighted by atomic mass is 10.2. The number of sulfone groups is 1. The standard InChI is InChI=1S/C8H19N3O3S/c1-3-7(8(9)11-12)10-5-6-15(13,14)4-2/h7,10,12H,3-6H2,1-2H3,(H2,9,11). The van der Waals surface area contributed by atoms with E-state index in [4.69, 9.17) is 10.9 Å². The Hall–Kier alpha value is -0.820. The fourth-order valence-electron chi connectivity index (χ4n) is 1.06. The molecular weight excluding hydrogens is 218 g/mol. The molecule has 1 atom stereocenters. The van der Waals surface area contributed by atoms with Crippen LogP contribution in [0.4, 0.5) is 0 Å². The van der Waals surface area contributed by atoms with E-state index >= 15 is 0 Å². The molecule has 7 heteroatoms. The van der Waals surface area contributed by atoms with Gasteiger partial charge < -0.3 is 16.3 Å². The van der Waals surface area contributed by atoms with E-state index < -0.39 is 9.84 Å². The molecule has 0 saturated carbocycles. The van der Waals surface area contributed by atoms with Gasteiger partial charge in [-0.05, 0) is 6.42 Å². The van der Waals surface area contributed by atoms with Crippen LogP contribution in [0.1, 0.15) is 20.3 Å². The first-order valence-corrected chi connectivity index (χ1v) is 6.70. The van der Waals surface area contributed by atoms with Crippen LogP contribution in [-0.4, -0.2) is 43.6 Å². The highest BCUT2D eigenvalue weighted by atomic mass is 32.2. The Balaban J connectivity index is 4.04. The van der Waals surface area contributed by atoms with Crippen molar-refractivity contribution in [1.82, 2.24) is 5.32 Å². The summed E-state index contributed by atoms with van der Waals surface area (Å²) in [5, 5.41) is 14.2. The van der Waals surface area contributed by atoms with Crippen molar-refractivity contribution in [2.75, 3.05) is 18.1 Å². The lowest BCUT2D eigenvalue weighted by Crippen LogP contribution is -2.42. The third kappa shape index (κ3) is 5.58. The summed E-state index contributed by atoms with van der Waals surface area (Å²) in [6, 6.07) is -0.276. The van der Waals surface area contributed by atoms with Crippen molar-refractivity contribution in [1.29, 1.82) is 0 Å². The SMILES string of the molecule is CCC(NCCS(=O)(=O)CC)C(N)=NO. The summed E-state index contributed by atoms with van der Waals surface area (Å²) in [5.41, 5.74) is 5.40. The van der Waals surface area contributed by atoms with Crippen LogP contribution in [-0.2, 0) is 9.84 Å². The molecule has 6 nitrogen and oxygen atoms in total. The van der Waals surface area contributed by atoms with Gasteiger partial charge in [-0.3, -0.25) is 0 Å². The van der Waals surface area contributed by atoms with Gasteiger partial charge in [0.2, 0.25) is 0 Å². The molecule has 0 rings (SSSR count). The minimum Gasteiger partial charge on any atom is -0.409 e. The van der Waals surface area contributed by atoms with Crippen LogP contribution in [0.5, 0.6) is 0 Å². The van der Waals surface area contributed by atoms with E-state index in [0.717, 1.165) is 0 Å². The molecule has 0 spiro atoms. The maximum atomic E-state index is 11.2. The molecule has 4 N–H and O–H groups in total. The van der Waals surface area contributed by atoms with Crippen molar-refractivity contribution in [2.24, 2.45) is 10.9 Å². The van der Waals surface area contributed by atoms with Crippen LogP contribution < -0.4 is 11.1 Å². The molecule has 90 valence electrons. The van der Waals surface area contributed by atoms with E-state index in [2.05, 4.69) is 10.5 Å². The normalized spacial score (nSPS) is 15.2. The third-order valence-corrected chi connectivity index (χ3v) is 3.83. The van der Waals surface area contributed by atoms with E-state index in [9.17, 15) is 8.42 Å². The first kappa shape index (κ1) is 14.2. The zero-order valence-corrected chi connectivity index (χ0v) is 9.92. The zero-order chi connectivity index (χ0) is 11.9. The molecule has 0 aromatic rings. The van der Waals surface area contributed by atoms with Gasteiger partial charge in [0.15, 0.2) is 15.7 Å². The van der Waals surface area contributed by atoms with E-state index in [1.165, 1.54) is 0 Å². The van der Waals surface area contributed by atoms with Crippen LogP contribution in [0.25, 0.3) is 0 Å². The van der Waals surface area contributed by atoms with Crippen molar-refractivity contribution in [2.45, 2.75) is 26.3 Å². The van der Waals surface area contributed by atoms with Crippen molar-refractivity contribution >= 4 is 15.7 Å². The van der Waals surface area contributed by atoms with Gasteiger partial charge in [0, 0.05) is 12.3 Å². The predicted octanol–water partition coefficient (Wildman–Crippen LogP) is -0.464. The summed E-state index contributed by atoms with van der Waals surface area (Å²) in [5.74, 6) is 0.278. The largest absolute Gasteiger partial charge is 0.409 e. The van der Waals surface area contributed by atoms with Crippen molar-refractivity contribution in [3.05, 3.63) is 0 Å². The van der Waals surface area contributed by atoms with E-state index in [0.29, 0.717) is 13.0 Å². The van der Waals surface area contributed by atoms with Gasteiger partial charge in [0.1, 0.15) is 0 Å². The van der Waals surface area contributed by atoms with Crippen LogP contribution in [0.2, 0.25) is 0 Å². The van der Waals surface area contributed by atoms with E-state index in [-0.39, 0.29) is 23.4 Å². The predicted molar refractivity (Wildman–Crippen MR) is 59.8 cm³/mol. The number of hydrogen-bond donors (Lipinski definition) is 3. The van der Waals surface area contributed by atoms with Gasteiger partial charge in [0.25, 0.3) is 0 Å². The second-order valence-corrected chi connectivity index (χ2v) is 5.65. The zero-order valence-electron chi connectivity index (χ0n) is 9.10. The Morgan fingerprint density at radius 2 is 2.13 bits per heavy atom. The first-order valence-electron chi connectivity index (χ1n) is 4.88. The highest BCUT2D eigenvalue weighted by molar-refractivity contribution is 7.91. The summed E-state index contributed by atoms with van der Waals surface area (Å²) >= 11 is 0. The summed E-state index contributed by atoms with van der Waals surface area (Å²) in [7, 11) is -2.96. The lowest BCUT2D eigenvalue weighted by molar-refractivity contribution is 0.314. The molecule has 0 saturated heterocycles. The van der Waals surface area contributed by atoms with Crippen LogP contribution in [0, 0.1) is 0 Å². The van der Waals surface area contributed by atoms with Gasteiger partial charge in [-0.25, -0.2) is 8.42 Å². The van der Waals surface area contributed by atoms with Gasteiger partial charge in [-0.1, -0.05) is 19.0 Å². The number of hydrogen-bond acceptors (Lipinski definition) is 5. The fourth-order valence-corrected chi connectivity index (χ4v) is 1.78. The van der Waals surface area contributed by atoms with Gasteiger partial charge in [-0.15, -0.1) is 0 Å². The van der Waals surface area contributed by atoms with Crippen molar-refractivity contribution in [3.63, 3.8) is 0 Å². The summed E-state index contributed by atoms with van der Waals surface area (Å²) in [4.78, 5) is 0. The number of rotatable bonds is 7. The molecule has 0 aromatic heterocycles. The monoisotopic (exact) mass is 237 g/mol. The summed E-state index contributed by atoms with van der Waals surface area (Å²) in [6.07, 6.45) is 0.641. The summed E-state index contributed by atoms with van der Waals surface area (Å²) in [6.45, 7) is 3.78. The molecule has 0 fully saturated rings. The lowest BCUT2D eigenvalue weighted by Gasteiger charge is -2.14. The highest BCUT2D eigenvalue weighted by Crippen LogP contribution is 1.92. The molecule has 1 unspecified atom stereocenters. The minimum absolute atomic E-state index is 0.0682.